The second-order valence-electron chi connectivity index (χ2n) is 9.56. The van der Waals surface area contributed by atoms with Crippen LogP contribution >= 0.6 is 0 Å². The zero-order chi connectivity index (χ0) is 26.5. The second kappa shape index (κ2) is 11.7. The van der Waals surface area contributed by atoms with Crippen molar-refractivity contribution in [2.75, 3.05) is 19.7 Å². The Balaban J connectivity index is 1.26. The highest BCUT2D eigenvalue weighted by Gasteiger charge is 2.31. The van der Waals surface area contributed by atoms with Crippen LogP contribution in [0.3, 0.4) is 0 Å². The molecule has 1 fully saturated rings. The van der Waals surface area contributed by atoms with Crippen LogP contribution in [0.15, 0.2) is 84.0 Å². The highest BCUT2D eigenvalue weighted by molar-refractivity contribution is 7.89. The number of sulfonamides is 1. The highest BCUT2D eigenvalue weighted by Crippen LogP contribution is 2.35. The fraction of sp³-hybridized carbons (Fsp3) is 0.345. The van der Waals surface area contributed by atoms with Crippen LogP contribution in [0.1, 0.15) is 49.3 Å². The maximum Gasteiger partial charge on any atom is 0.243 e. The zero-order valence-corrected chi connectivity index (χ0v) is 22.3. The number of fused-ring (bicyclic) bond motifs is 1. The number of ether oxygens (including phenoxy) is 1. The van der Waals surface area contributed by atoms with E-state index in [9.17, 15) is 8.42 Å². The molecule has 0 bridgehead atoms. The Morgan fingerprint density at radius 2 is 1.76 bits per heavy atom. The standard InChI is InChI=1S/C29H33N3O5S/c1-2-28(23-7-4-3-5-8-23)37-24-10-12-25(13-11-24)38(34,35)32-17-14-22(15-18-32)27-21-31(19-20-36-33)29-26(27)9-6-16-30-29/h3-13,16,21-22,28,33H,2,14-15,17-20H2,1H3. The van der Waals surface area contributed by atoms with Crippen LogP contribution in [0.2, 0.25) is 0 Å². The summed E-state index contributed by atoms with van der Waals surface area (Å²) < 4.78 is 36.5. The first-order chi connectivity index (χ1) is 18.5. The summed E-state index contributed by atoms with van der Waals surface area (Å²) in [6, 6.07) is 20.7. The Labute approximate surface area is 223 Å². The molecule has 8 nitrogen and oxygen atoms in total. The van der Waals surface area contributed by atoms with Crippen molar-refractivity contribution in [3.05, 3.63) is 90.3 Å². The van der Waals surface area contributed by atoms with Gasteiger partial charge in [-0.05, 0) is 72.7 Å². The van der Waals surface area contributed by atoms with Gasteiger partial charge in [0.05, 0.1) is 18.0 Å². The SMILES string of the molecule is CCC(Oc1ccc(S(=O)(=O)N2CCC(c3cn(CCOO)c4ncccc34)CC2)cc1)c1ccccc1. The molecular formula is C29H33N3O5S. The van der Waals surface area contributed by atoms with E-state index in [1.165, 1.54) is 0 Å². The third-order valence-corrected chi connectivity index (χ3v) is 9.18. The lowest BCUT2D eigenvalue weighted by molar-refractivity contribution is -0.243. The van der Waals surface area contributed by atoms with E-state index >= 15 is 0 Å². The summed E-state index contributed by atoms with van der Waals surface area (Å²) in [6.45, 7) is 3.62. The molecule has 0 saturated carbocycles. The van der Waals surface area contributed by atoms with Crippen LogP contribution < -0.4 is 4.74 Å². The van der Waals surface area contributed by atoms with Gasteiger partial charge in [-0.1, -0.05) is 37.3 Å². The van der Waals surface area contributed by atoms with Gasteiger partial charge >= 0.3 is 0 Å². The summed E-state index contributed by atoms with van der Waals surface area (Å²) in [4.78, 5) is 9.04. The van der Waals surface area contributed by atoms with Gasteiger partial charge in [-0.3, -0.25) is 5.26 Å². The average molecular weight is 536 g/mol. The van der Waals surface area contributed by atoms with Crippen molar-refractivity contribution in [2.45, 2.75) is 49.6 Å². The predicted molar refractivity (Wildman–Crippen MR) is 146 cm³/mol. The lowest BCUT2D eigenvalue weighted by atomic mass is 9.90. The van der Waals surface area contributed by atoms with E-state index in [1.54, 1.807) is 34.8 Å². The molecule has 1 aliphatic rings. The number of aromatic nitrogens is 2. The van der Waals surface area contributed by atoms with Crippen molar-refractivity contribution in [3.8, 4) is 5.75 Å². The van der Waals surface area contributed by atoms with Crippen LogP contribution in [0.4, 0.5) is 0 Å². The molecule has 9 heteroatoms. The van der Waals surface area contributed by atoms with Crippen molar-refractivity contribution in [1.29, 1.82) is 0 Å². The van der Waals surface area contributed by atoms with E-state index in [0.29, 0.717) is 25.4 Å². The van der Waals surface area contributed by atoms with Crippen LogP contribution in [0, 0.1) is 0 Å². The number of benzene rings is 2. The maximum atomic E-state index is 13.4. The van der Waals surface area contributed by atoms with Gasteiger partial charge in [0.2, 0.25) is 10.0 Å². The summed E-state index contributed by atoms with van der Waals surface area (Å²) in [7, 11) is -3.60. The number of hydrogen-bond acceptors (Lipinski definition) is 6. The van der Waals surface area contributed by atoms with Crippen LogP contribution in [0.25, 0.3) is 11.0 Å². The second-order valence-corrected chi connectivity index (χ2v) is 11.5. The van der Waals surface area contributed by atoms with E-state index in [4.69, 9.17) is 9.99 Å². The molecule has 200 valence electrons. The summed E-state index contributed by atoms with van der Waals surface area (Å²) in [6.07, 6.45) is 5.97. The minimum absolute atomic E-state index is 0.0880. The third kappa shape index (κ3) is 5.47. The number of nitrogens with zero attached hydrogens (tertiary/aromatic N) is 3. The molecule has 0 spiro atoms. The predicted octanol–water partition coefficient (Wildman–Crippen LogP) is 5.62. The quantitative estimate of drug-likeness (QED) is 0.209. The van der Waals surface area contributed by atoms with Crippen molar-refractivity contribution < 1.29 is 23.3 Å². The molecule has 1 atom stereocenters. The molecule has 1 saturated heterocycles. The van der Waals surface area contributed by atoms with E-state index in [-0.39, 0.29) is 23.5 Å². The summed E-state index contributed by atoms with van der Waals surface area (Å²) in [5, 5.41) is 9.82. The Hall–Kier alpha value is -3.24. The molecule has 5 rings (SSSR count). The van der Waals surface area contributed by atoms with E-state index in [1.807, 2.05) is 47.0 Å². The minimum atomic E-state index is -3.60. The third-order valence-electron chi connectivity index (χ3n) is 7.26. The van der Waals surface area contributed by atoms with Gasteiger partial charge in [-0.2, -0.15) is 4.31 Å². The Bertz CT molecular complexity index is 1450. The van der Waals surface area contributed by atoms with Crippen LogP contribution in [-0.4, -0.2) is 47.2 Å². The number of pyridine rings is 1. The fourth-order valence-electron chi connectivity index (χ4n) is 5.25. The number of rotatable bonds is 10. The summed E-state index contributed by atoms with van der Waals surface area (Å²) in [5.41, 5.74) is 3.10. The normalized spacial score (nSPS) is 16.1. The molecule has 0 radical (unpaired) electrons. The molecule has 4 aromatic rings. The Kier molecular flexibility index (Phi) is 8.09. The molecule has 1 aliphatic heterocycles. The van der Waals surface area contributed by atoms with Gasteiger partial charge in [0.1, 0.15) is 17.5 Å². The van der Waals surface area contributed by atoms with Gasteiger partial charge in [0.25, 0.3) is 0 Å². The number of piperidine rings is 1. The topological polar surface area (TPSA) is 93.9 Å². The fourth-order valence-corrected chi connectivity index (χ4v) is 6.72. The molecule has 2 aromatic heterocycles. The van der Waals surface area contributed by atoms with Gasteiger partial charge in [-0.15, -0.1) is 0 Å². The van der Waals surface area contributed by atoms with Gasteiger partial charge in [0.15, 0.2) is 0 Å². The van der Waals surface area contributed by atoms with Gasteiger partial charge in [-0.25, -0.2) is 18.3 Å². The molecule has 2 aromatic carbocycles. The molecular weight excluding hydrogens is 502 g/mol. The van der Waals surface area contributed by atoms with Crippen LogP contribution in [0.5, 0.6) is 5.75 Å². The average Bonchev–Trinajstić information content (AvgIpc) is 3.34. The Morgan fingerprint density at radius 3 is 2.45 bits per heavy atom. The molecule has 1 unspecified atom stereocenters. The first kappa shape index (κ1) is 26.4. The largest absolute Gasteiger partial charge is 0.486 e. The molecule has 38 heavy (non-hydrogen) atoms. The zero-order valence-electron chi connectivity index (χ0n) is 21.4. The molecule has 1 N–H and O–H groups in total. The van der Waals surface area contributed by atoms with E-state index in [2.05, 4.69) is 23.0 Å². The smallest absolute Gasteiger partial charge is 0.243 e. The first-order valence-electron chi connectivity index (χ1n) is 13.0. The summed E-state index contributed by atoms with van der Waals surface area (Å²) >= 11 is 0. The molecule has 3 heterocycles. The van der Waals surface area contributed by atoms with Crippen molar-refractivity contribution in [3.63, 3.8) is 0 Å². The first-order valence-corrected chi connectivity index (χ1v) is 14.5. The van der Waals surface area contributed by atoms with Crippen molar-refractivity contribution in [2.24, 2.45) is 0 Å². The highest BCUT2D eigenvalue weighted by atomic mass is 32.2. The molecule has 0 amide bonds. The van der Waals surface area contributed by atoms with E-state index < -0.39 is 10.0 Å². The van der Waals surface area contributed by atoms with Gasteiger partial charge < -0.3 is 9.30 Å². The lowest BCUT2D eigenvalue weighted by Crippen LogP contribution is -2.37. The minimum Gasteiger partial charge on any atom is -0.486 e. The lowest BCUT2D eigenvalue weighted by Gasteiger charge is -2.31. The summed E-state index contributed by atoms with van der Waals surface area (Å²) in [5.74, 6) is 0.874. The monoisotopic (exact) mass is 535 g/mol. The molecule has 0 aliphatic carbocycles. The van der Waals surface area contributed by atoms with Crippen LogP contribution in [-0.2, 0) is 21.5 Å². The maximum absolute atomic E-state index is 13.4. The van der Waals surface area contributed by atoms with Gasteiger partial charge in [0, 0.05) is 30.9 Å². The van der Waals surface area contributed by atoms with E-state index in [0.717, 1.165) is 41.4 Å². The number of hydrogen-bond donors (Lipinski definition) is 1. The van der Waals surface area contributed by atoms with Crippen molar-refractivity contribution >= 4 is 21.1 Å². The Morgan fingerprint density at radius 1 is 1.03 bits per heavy atom. The van der Waals surface area contributed by atoms with Crippen molar-refractivity contribution in [1.82, 2.24) is 13.9 Å².